The molecule has 0 aliphatic carbocycles. The second-order valence-corrected chi connectivity index (χ2v) is 8.75. The van der Waals surface area contributed by atoms with E-state index in [1.54, 1.807) is 0 Å². The summed E-state index contributed by atoms with van der Waals surface area (Å²) in [5.74, 6) is 1.68. The van der Waals surface area contributed by atoms with Crippen LogP contribution in [0.15, 0.2) is 18.7 Å². The first kappa shape index (κ1) is 25.1. The Morgan fingerprint density at radius 1 is 1.00 bits per heavy atom. The molecule has 0 saturated carbocycles. The monoisotopic (exact) mass is 388 g/mol. The molecule has 2 atom stereocenters. The Morgan fingerprint density at radius 2 is 1.50 bits per heavy atom. The van der Waals surface area contributed by atoms with Crippen LogP contribution in [0.2, 0.25) is 0 Å². The molecule has 1 rings (SSSR count). The van der Waals surface area contributed by atoms with Gasteiger partial charge in [0, 0.05) is 6.26 Å². The molecule has 0 N–H and O–H groups in total. The van der Waals surface area contributed by atoms with Crippen molar-refractivity contribution < 1.29 is 17.5 Å². The highest BCUT2D eigenvalue weighted by Gasteiger charge is 2.14. The number of hydrogen-bond acceptors (Lipinski definition) is 3. The van der Waals surface area contributed by atoms with Crippen LogP contribution in [0, 0.1) is 11.8 Å². The van der Waals surface area contributed by atoms with E-state index in [0.29, 0.717) is 6.26 Å². The van der Waals surface area contributed by atoms with E-state index in [1.165, 1.54) is 64.5 Å². The fraction of sp³-hybridized carbons (Fsp3) is 0.850. The second-order valence-electron chi connectivity index (χ2n) is 7.34. The molecule has 0 aliphatic rings. The SMILES string of the molecule is CCCCC(CC)Cn1cc[n+](CC(CC)CCCC)c1.CS(=O)(=O)[O-]. The molecule has 0 radical (unpaired) electrons. The Bertz CT molecular complexity index is 515. The second kappa shape index (κ2) is 14.2. The van der Waals surface area contributed by atoms with Crippen LogP contribution in [0.4, 0.5) is 0 Å². The third kappa shape index (κ3) is 14.3. The van der Waals surface area contributed by atoms with Crippen LogP contribution in [-0.2, 0) is 23.2 Å². The van der Waals surface area contributed by atoms with Crippen molar-refractivity contribution in [2.75, 3.05) is 6.26 Å². The summed E-state index contributed by atoms with van der Waals surface area (Å²) >= 11 is 0. The maximum absolute atomic E-state index is 9.08. The summed E-state index contributed by atoms with van der Waals surface area (Å²) in [6.45, 7) is 11.6. The van der Waals surface area contributed by atoms with E-state index in [9.17, 15) is 0 Å². The van der Waals surface area contributed by atoms with Crippen molar-refractivity contribution in [3.8, 4) is 0 Å². The van der Waals surface area contributed by atoms with Gasteiger partial charge < -0.3 is 4.55 Å². The van der Waals surface area contributed by atoms with Gasteiger partial charge in [-0.2, -0.15) is 0 Å². The van der Waals surface area contributed by atoms with Gasteiger partial charge in [0.1, 0.15) is 12.4 Å². The zero-order chi connectivity index (χ0) is 20.0. The lowest BCUT2D eigenvalue weighted by atomic mass is 9.99. The Balaban J connectivity index is 0.00000110. The summed E-state index contributed by atoms with van der Waals surface area (Å²) in [7, 11) is -3.92. The summed E-state index contributed by atoms with van der Waals surface area (Å²) < 4.78 is 32.0. The summed E-state index contributed by atoms with van der Waals surface area (Å²) in [5, 5.41) is 0. The smallest absolute Gasteiger partial charge is 0.243 e. The quantitative estimate of drug-likeness (QED) is 0.394. The number of imidazole rings is 1. The van der Waals surface area contributed by atoms with E-state index in [-0.39, 0.29) is 0 Å². The van der Waals surface area contributed by atoms with E-state index >= 15 is 0 Å². The molecule has 0 bridgehead atoms. The number of rotatable bonds is 12. The Hall–Kier alpha value is -0.880. The molecule has 1 heterocycles. The van der Waals surface area contributed by atoms with E-state index in [4.69, 9.17) is 13.0 Å². The maximum Gasteiger partial charge on any atom is 0.243 e. The molecule has 0 aliphatic heterocycles. The summed E-state index contributed by atoms with van der Waals surface area (Å²) in [4.78, 5) is 0. The van der Waals surface area contributed by atoms with Crippen molar-refractivity contribution in [1.29, 1.82) is 0 Å². The van der Waals surface area contributed by atoms with Gasteiger partial charge in [0.15, 0.2) is 0 Å². The molecule has 6 heteroatoms. The Morgan fingerprint density at radius 3 is 1.96 bits per heavy atom. The number of hydrogen-bond donors (Lipinski definition) is 0. The van der Waals surface area contributed by atoms with Crippen molar-refractivity contribution in [1.82, 2.24) is 4.57 Å². The minimum atomic E-state index is -3.92. The predicted molar refractivity (Wildman–Crippen MR) is 107 cm³/mol. The van der Waals surface area contributed by atoms with Gasteiger partial charge in [-0.3, -0.25) is 0 Å². The topological polar surface area (TPSA) is 66.0 Å². The minimum absolute atomic E-state index is 0.604. The van der Waals surface area contributed by atoms with Crippen LogP contribution in [-0.4, -0.2) is 23.8 Å². The van der Waals surface area contributed by atoms with Crippen LogP contribution < -0.4 is 4.57 Å². The van der Waals surface area contributed by atoms with Crippen molar-refractivity contribution in [2.24, 2.45) is 11.8 Å². The van der Waals surface area contributed by atoms with E-state index in [2.05, 4.69) is 55.6 Å². The molecular formula is C20H40N2O3S. The van der Waals surface area contributed by atoms with Crippen LogP contribution in [0.25, 0.3) is 0 Å². The third-order valence-corrected chi connectivity index (χ3v) is 4.77. The molecule has 0 saturated heterocycles. The van der Waals surface area contributed by atoms with E-state index < -0.39 is 10.1 Å². The van der Waals surface area contributed by atoms with Crippen LogP contribution in [0.1, 0.15) is 79.1 Å². The lowest BCUT2D eigenvalue weighted by molar-refractivity contribution is -0.703. The minimum Gasteiger partial charge on any atom is -0.748 e. The van der Waals surface area contributed by atoms with Crippen molar-refractivity contribution in [3.05, 3.63) is 18.7 Å². The highest BCUT2D eigenvalue weighted by atomic mass is 32.2. The fourth-order valence-corrected chi connectivity index (χ4v) is 3.09. The molecule has 1 aromatic rings. The number of nitrogens with zero attached hydrogens (tertiary/aromatic N) is 2. The van der Waals surface area contributed by atoms with Crippen molar-refractivity contribution >= 4 is 10.1 Å². The van der Waals surface area contributed by atoms with Crippen molar-refractivity contribution in [2.45, 2.75) is 92.2 Å². The van der Waals surface area contributed by atoms with Gasteiger partial charge in [-0.15, -0.1) is 0 Å². The highest BCUT2D eigenvalue weighted by molar-refractivity contribution is 7.84. The number of aromatic nitrogens is 2. The molecule has 0 aromatic carbocycles. The first-order valence-corrected chi connectivity index (χ1v) is 12.0. The average molecular weight is 389 g/mol. The molecule has 0 fully saturated rings. The molecule has 154 valence electrons. The van der Waals surface area contributed by atoms with Crippen LogP contribution in [0.5, 0.6) is 0 Å². The van der Waals surface area contributed by atoms with Gasteiger partial charge in [0.25, 0.3) is 0 Å². The van der Waals surface area contributed by atoms with Gasteiger partial charge in [-0.25, -0.2) is 17.6 Å². The van der Waals surface area contributed by atoms with Crippen LogP contribution in [0.3, 0.4) is 0 Å². The van der Waals surface area contributed by atoms with Gasteiger partial charge >= 0.3 is 0 Å². The van der Waals surface area contributed by atoms with Gasteiger partial charge in [-0.05, 0) is 37.5 Å². The molecule has 2 unspecified atom stereocenters. The lowest BCUT2D eigenvalue weighted by Gasteiger charge is -2.12. The van der Waals surface area contributed by atoms with Crippen LogP contribution >= 0.6 is 0 Å². The standard InChI is InChI=1S/C19H37N2.CH4O3S/c1-5-9-11-18(7-3)15-20-13-14-21(17-20)16-19(8-4)12-10-6-2;1-5(2,3)4/h13-14,17-19H,5-12,15-16H2,1-4H3;1H3,(H,2,3,4)/q+1;/p-1. The molecule has 5 nitrogen and oxygen atoms in total. The Kier molecular flexibility index (Phi) is 13.7. The lowest BCUT2D eigenvalue weighted by Crippen LogP contribution is -2.35. The highest BCUT2D eigenvalue weighted by Crippen LogP contribution is 2.15. The van der Waals surface area contributed by atoms with Gasteiger partial charge in [0.2, 0.25) is 6.33 Å². The van der Waals surface area contributed by atoms with E-state index in [1.807, 2.05) is 0 Å². The average Bonchev–Trinajstić information content (AvgIpc) is 3.00. The summed E-state index contributed by atoms with van der Waals surface area (Å²) in [6, 6.07) is 0. The first-order valence-electron chi connectivity index (χ1n) is 10.2. The number of unbranched alkanes of at least 4 members (excludes halogenated alkanes) is 2. The Labute approximate surface area is 161 Å². The normalized spacial score (nSPS) is 13.8. The first-order chi connectivity index (χ1) is 12.2. The predicted octanol–water partition coefficient (Wildman–Crippen LogP) is 4.37. The van der Waals surface area contributed by atoms with Gasteiger partial charge in [0.05, 0.1) is 23.2 Å². The molecule has 26 heavy (non-hydrogen) atoms. The third-order valence-electron chi connectivity index (χ3n) is 4.77. The molecular weight excluding hydrogens is 348 g/mol. The molecule has 1 aromatic heterocycles. The fourth-order valence-electron chi connectivity index (χ4n) is 3.09. The zero-order valence-corrected chi connectivity index (χ0v) is 18.3. The molecule has 0 spiro atoms. The summed E-state index contributed by atoms with van der Waals surface area (Å²) in [5.41, 5.74) is 0. The summed E-state index contributed by atoms with van der Waals surface area (Å²) in [6.07, 6.45) is 18.2. The van der Waals surface area contributed by atoms with Gasteiger partial charge in [-0.1, -0.05) is 53.4 Å². The largest absolute Gasteiger partial charge is 0.748 e. The maximum atomic E-state index is 9.08. The van der Waals surface area contributed by atoms with E-state index in [0.717, 1.165) is 11.8 Å². The molecule has 0 amide bonds. The van der Waals surface area contributed by atoms with Crippen molar-refractivity contribution in [3.63, 3.8) is 0 Å². The zero-order valence-electron chi connectivity index (χ0n) is 17.5.